The van der Waals surface area contributed by atoms with E-state index in [-0.39, 0.29) is 10.8 Å². The lowest BCUT2D eigenvalue weighted by Gasteiger charge is -2.05. The fourth-order valence-electron chi connectivity index (χ4n) is 1.42. The number of aliphatic hydroxyl groups is 1. The highest BCUT2D eigenvalue weighted by molar-refractivity contribution is 7.91. The first-order valence-electron chi connectivity index (χ1n) is 5.25. The third-order valence-electron chi connectivity index (χ3n) is 2.29. The van der Waals surface area contributed by atoms with Crippen molar-refractivity contribution in [1.29, 1.82) is 0 Å². The molecule has 1 aromatic heterocycles. The fraction of sp³-hybridized carbons (Fsp3) is 0.273. The third-order valence-corrected chi connectivity index (χ3v) is 5.54. The van der Waals surface area contributed by atoms with Gasteiger partial charge >= 0.3 is 0 Å². The maximum Gasteiger partial charge on any atom is 0.250 e. The van der Waals surface area contributed by atoms with Gasteiger partial charge in [0.25, 0.3) is 0 Å². The molecule has 7 heteroatoms. The van der Waals surface area contributed by atoms with Crippen LogP contribution in [0.1, 0.15) is 6.92 Å². The largest absolute Gasteiger partial charge is 0.392 e. The summed E-state index contributed by atoms with van der Waals surface area (Å²) in [5.74, 6) is 0. The molecule has 0 bridgehead atoms. The van der Waals surface area contributed by atoms with Crippen LogP contribution in [0, 0.1) is 0 Å². The van der Waals surface area contributed by atoms with E-state index in [4.69, 9.17) is 16.7 Å². The van der Waals surface area contributed by atoms with Crippen LogP contribution in [0.4, 0.5) is 0 Å². The Morgan fingerprint density at radius 1 is 1.44 bits per heavy atom. The summed E-state index contributed by atoms with van der Waals surface area (Å²) in [4.78, 5) is 0. The van der Waals surface area contributed by atoms with E-state index in [0.29, 0.717) is 5.02 Å². The quantitative estimate of drug-likeness (QED) is 0.910. The van der Waals surface area contributed by atoms with Gasteiger partial charge in [0.05, 0.1) is 6.10 Å². The van der Waals surface area contributed by atoms with Gasteiger partial charge in [0.2, 0.25) is 10.0 Å². The van der Waals surface area contributed by atoms with E-state index in [2.05, 4.69) is 4.72 Å². The maximum absolute atomic E-state index is 11.9. The molecule has 1 atom stereocenters. The Morgan fingerprint density at radius 3 is 2.83 bits per heavy atom. The van der Waals surface area contributed by atoms with Crippen molar-refractivity contribution in [2.45, 2.75) is 17.2 Å². The number of sulfonamides is 1. The Morgan fingerprint density at radius 2 is 2.17 bits per heavy atom. The predicted molar refractivity (Wildman–Crippen MR) is 73.7 cm³/mol. The molecule has 98 valence electrons. The summed E-state index contributed by atoms with van der Waals surface area (Å²) >= 11 is 7.03. The van der Waals surface area contributed by atoms with E-state index in [1.807, 2.05) is 0 Å². The standard InChI is InChI=1S/C11H12ClNO3S2/c1-7(14)6-13-18(15,16)11-5-8-4-9(12)2-3-10(8)17-11/h2-5,7,13-14H,6H2,1H3. The number of hydrogen-bond acceptors (Lipinski definition) is 4. The molecule has 0 spiro atoms. The molecule has 0 amide bonds. The van der Waals surface area contributed by atoms with Crippen LogP contribution < -0.4 is 4.72 Å². The van der Waals surface area contributed by atoms with E-state index in [0.717, 1.165) is 10.1 Å². The van der Waals surface area contributed by atoms with Crippen molar-refractivity contribution in [3.05, 3.63) is 29.3 Å². The lowest BCUT2D eigenvalue weighted by atomic mass is 10.3. The van der Waals surface area contributed by atoms with Crippen molar-refractivity contribution >= 4 is 43.0 Å². The Balaban J connectivity index is 2.36. The molecule has 0 saturated heterocycles. The zero-order chi connectivity index (χ0) is 13.3. The zero-order valence-corrected chi connectivity index (χ0v) is 11.9. The minimum Gasteiger partial charge on any atom is -0.392 e. The molecule has 0 fully saturated rings. The molecule has 0 radical (unpaired) electrons. The molecule has 1 aromatic carbocycles. The Hall–Kier alpha value is -0.660. The molecule has 18 heavy (non-hydrogen) atoms. The van der Waals surface area contributed by atoms with Crippen molar-refractivity contribution in [3.8, 4) is 0 Å². The molecule has 2 aromatic rings. The van der Waals surface area contributed by atoms with Crippen LogP contribution in [0.2, 0.25) is 5.02 Å². The van der Waals surface area contributed by atoms with Gasteiger partial charge in [-0.3, -0.25) is 0 Å². The van der Waals surface area contributed by atoms with Gasteiger partial charge < -0.3 is 5.11 Å². The lowest BCUT2D eigenvalue weighted by Crippen LogP contribution is -2.30. The number of aliphatic hydroxyl groups excluding tert-OH is 1. The Bertz CT molecular complexity index is 664. The van der Waals surface area contributed by atoms with Gasteiger partial charge in [-0.15, -0.1) is 11.3 Å². The van der Waals surface area contributed by atoms with Crippen LogP contribution in [-0.2, 0) is 10.0 Å². The number of benzene rings is 1. The molecule has 2 rings (SSSR count). The minimum atomic E-state index is -3.56. The summed E-state index contributed by atoms with van der Waals surface area (Å²) in [5.41, 5.74) is 0. The summed E-state index contributed by atoms with van der Waals surface area (Å²) in [6, 6.07) is 6.81. The first kappa shape index (κ1) is 13.8. The summed E-state index contributed by atoms with van der Waals surface area (Å²) in [5, 5.41) is 10.5. The maximum atomic E-state index is 11.9. The van der Waals surface area contributed by atoms with E-state index < -0.39 is 16.1 Å². The van der Waals surface area contributed by atoms with Gasteiger partial charge in [0.15, 0.2) is 0 Å². The van der Waals surface area contributed by atoms with Crippen LogP contribution in [0.3, 0.4) is 0 Å². The number of nitrogens with one attached hydrogen (secondary N) is 1. The van der Waals surface area contributed by atoms with Gasteiger partial charge in [0.1, 0.15) is 4.21 Å². The molecular formula is C11H12ClNO3S2. The molecule has 0 aliphatic carbocycles. The van der Waals surface area contributed by atoms with E-state index in [1.165, 1.54) is 18.3 Å². The normalized spacial score (nSPS) is 13.9. The average molecular weight is 306 g/mol. The van der Waals surface area contributed by atoms with Crippen molar-refractivity contribution < 1.29 is 13.5 Å². The SMILES string of the molecule is CC(O)CNS(=O)(=O)c1cc2cc(Cl)ccc2s1. The topological polar surface area (TPSA) is 66.4 Å². The average Bonchev–Trinajstić information content (AvgIpc) is 2.70. The van der Waals surface area contributed by atoms with Crippen LogP contribution >= 0.6 is 22.9 Å². The molecule has 0 saturated carbocycles. The van der Waals surface area contributed by atoms with Gasteiger partial charge in [-0.05, 0) is 36.6 Å². The summed E-state index contributed by atoms with van der Waals surface area (Å²) in [6.45, 7) is 1.52. The first-order valence-corrected chi connectivity index (χ1v) is 7.93. The van der Waals surface area contributed by atoms with E-state index >= 15 is 0 Å². The second-order valence-corrected chi connectivity index (χ2v) is 7.46. The van der Waals surface area contributed by atoms with E-state index in [1.54, 1.807) is 24.3 Å². The highest BCUT2D eigenvalue weighted by Crippen LogP contribution is 2.30. The van der Waals surface area contributed by atoms with Crippen molar-refractivity contribution in [2.24, 2.45) is 0 Å². The van der Waals surface area contributed by atoms with Crippen LogP contribution in [0.25, 0.3) is 10.1 Å². The minimum absolute atomic E-state index is 0.00264. The summed E-state index contributed by atoms with van der Waals surface area (Å²) in [7, 11) is -3.56. The zero-order valence-electron chi connectivity index (χ0n) is 9.55. The predicted octanol–water partition coefficient (Wildman–Crippen LogP) is 2.21. The monoisotopic (exact) mass is 305 g/mol. The first-order chi connectivity index (χ1) is 8.38. The highest BCUT2D eigenvalue weighted by atomic mass is 35.5. The molecule has 4 nitrogen and oxygen atoms in total. The number of thiophene rings is 1. The number of fused-ring (bicyclic) bond motifs is 1. The number of halogens is 1. The molecule has 1 unspecified atom stereocenters. The lowest BCUT2D eigenvalue weighted by molar-refractivity contribution is 0.198. The molecule has 1 heterocycles. The Labute approximate surface area is 114 Å². The van der Waals surface area contributed by atoms with E-state index in [9.17, 15) is 8.42 Å². The van der Waals surface area contributed by atoms with Crippen molar-refractivity contribution in [1.82, 2.24) is 4.72 Å². The van der Waals surface area contributed by atoms with Crippen LogP contribution in [-0.4, -0.2) is 26.2 Å². The third kappa shape index (κ3) is 3.02. The highest BCUT2D eigenvalue weighted by Gasteiger charge is 2.17. The molecular weight excluding hydrogens is 294 g/mol. The summed E-state index contributed by atoms with van der Waals surface area (Å²) in [6.07, 6.45) is -0.719. The molecule has 0 aliphatic heterocycles. The van der Waals surface area contributed by atoms with Gasteiger partial charge in [-0.2, -0.15) is 0 Å². The van der Waals surface area contributed by atoms with Crippen LogP contribution in [0.5, 0.6) is 0 Å². The van der Waals surface area contributed by atoms with Gasteiger partial charge in [0, 0.05) is 16.3 Å². The smallest absolute Gasteiger partial charge is 0.250 e. The van der Waals surface area contributed by atoms with Crippen molar-refractivity contribution in [2.75, 3.05) is 6.54 Å². The van der Waals surface area contributed by atoms with Crippen LogP contribution in [0.15, 0.2) is 28.5 Å². The molecule has 2 N–H and O–H groups in total. The van der Waals surface area contributed by atoms with Gasteiger partial charge in [-0.1, -0.05) is 11.6 Å². The van der Waals surface area contributed by atoms with Crippen molar-refractivity contribution in [3.63, 3.8) is 0 Å². The number of rotatable bonds is 4. The number of hydrogen-bond donors (Lipinski definition) is 2. The Kier molecular flexibility index (Phi) is 3.93. The second-order valence-electron chi connectivity index (χ2n) is 3.95. The molecule has 0 aliphatic rings. The second kappa shape index (κ2) is 5.14. The van der Waals surface area contributed by atoms with Gasteiger partial charge in [-0.25, -0.2) is 13.1 Å². The summed E-state index contributed by atoms with van der Waals surface area (Å²) < 4.78 is 27.3. The fourth-order valence-corrected chi connectivity index (χ4v) is 4.15.